The zero-order valence-electron chi connectivity index (χ0n) is 23.9. The van der Waals surface area contributed by atoms with Crippen molar-refractivity contribution >= 4 is 5.97 Å². The number of esters is 1. The van der Waals surface area contributed by atoms with Crippen molar-refractivity contribution in [3.05, 3.63) is 65.7 Å². The Morgan fingerprint density at radius 2 is 1.41 bits per heavy atom. The number of carbonyl (C=O) groups is 1. The van der Waals surface area contributed by atoms with E-state index in [1.54, 1.807) is 0 Å². The fourth-order valence-electron chi connectivity index (χ4n) is 4.78. The first-order valence-corrected chi connectivity index (χ1v) is 14.7. The second-order valence-corrected chi connectivity index (χ2v) is 11.1. The van der Waals surface area contributed by atoms with E-state index in [2.05, 4.69) is 69.6 Å². The van der Waals surface area contributed by atoms with Crippen molar-refractivity contribution in [1.29, 1.82) is 0 Å². The summed E-state index contributed by atoms with van der Waals surface area (Å²) in [4.78, 5) is 12.1. The van der Waals surface area contributed by atoms with Crippen LogP contribution in [0.15, 0.2) is 54.6 Å². The zero-order valence-corrected chi connectivity index (χ0v) is 23.9. The predicted molar refractivity (Wildman–Crippen MR) is 155 cm³/mol. The lowest BCUT2D eigenvalue weighted by atomic mass is 10.0. The third-order valence-electron chi connectivity index (χ3n) is 6.93. The molecule has 4 heteroatoms. The van der Waals surface area contributed by atoms with Gasteiger partial charge in [-0.1, -0.05) is 101 Å². The number of aryl methyl sites for hydroxylation is 1. The van der Waals surface area contributed by atoms with Gasteiger partial charge < -0.3 is 14.0 Å². The molecule has 0 fully saturated rings. The fraction of sp³-hybridized carbons (Fsp3) is 0.606. The number of hydrogen-bond donors (Lipinski definition) is 0. The number of benzene rings is 2. The van der Waals surface area contributed by atoms with E-state index in [0.717, 1.165) is 42.6 Å². The molecule has 2 aromatic rings. The van der Waals surface area contributed by atoms with Gasteiger partial charge in [-0.15, -0.1) is 0 Å². The molecule has 0 spiro atoms. The molecule has 0 heterocycles. The molecule has 0 unspecified atom stereocenters. The van der Waals surface area contributed by atoms with E-state index >= 15 is 0 Å². The van der Waals surface area contributed by atoms with Crippen molar-refractivity contribution in [1.82, 2.24) is 0 Å². The summed E-state index contributed by atoms with van der Waals surface area (Å²) < 4.78 is 12.1. The largest absolute Gasteiger partial charge is 0.490 e. The van der Waals surface area contributed by atoms with Crippen LogP contribution in [0.4, 0.5) is 0 Å². The molecule has 206 valence electrons. The van der Waals surface area contributed by atoms with Gasteiger partial charge in [-0.05, 0) is 43.4 Å². The minimum atomic E-state index is -0.129. The summed E-state index contributed by atoms with van der Waals surface area (Å²) >= 11 is 0. The molecule has 0 aromatic heterocycles. The highest BCUT2D eigenvalue weighted by Gasteiger charge is 2.15. The number of rotatable bonds is 21. The third kappa shape index (κ3) is 15.5. The Kier molecular flexibility index (Phi) is 15.7. The SMILES string of the molecule is CCCCCCCCCCCc1cccc(OCCOC(=O)CCCC[N+](C)(C)Cc2ccccc2)c1. The van der Waals surface area contributed by atoms with E-state index in [0.29, 0.717) is 19.6 Å². The molecule has 0 saturated carbocycles. The van der Waals surface area contributed by atoms with Gasteiger partial charge in [0.2, 0.25) is 0 Å². The molecule has 0 saturated heterocycles. The fourth-order valence-corrected chi connectivity index (χ4v) is 4.78. The highest BCUT2D eigenvalue weighted by Crippen LogP contribution is 2.17. The lowest BCUT2D eigenvalue weighted by molar-refractivity contribution is -0.903. The van der Waals surface area contributed by atoms with Crippen LogP contribution < -0.4 is 4.74 Å². The van der Waals surface area contributed by atoms with Gasteiger partial charge in [0, 0.05) is 12.0 Å². The zero-order chi connectivity index (χ0) is 26.6. The van der Waals surface area contributed by atoms with Crippen LogP contribution in [0.25, 0.3) is 0 Å². The first kappa shape index (κ1) is 30.9. The average Bonchev–Trinajstić information content (AvgIpc) is 2.89. The number of nitrogens with zero attached hydrogens (tertiary/aromatic N) is 1. The molecule has 0 N–H and O–H groups in total. The van der Waals surface area contributed by atoms with Crippen molar-refractivity contribution in [2.75, 3.05) is 33.9 Å². The van der Waals surface area contributed by atoms with Gasteiger partial charge in [-0.3, -0.25) is 4.79 Å². The van der Waals surface area contributed by atoms with Crippen molar-refractivity contribution in [3.63, 3.8) is 0 Å². The van der Waals surface area contributed by atoms with Crippen LogP contribution in [0.3, 0.4) is 0 Å². The Morgan fingerprint density at radius 1 is 0.730 bits per heavy atom. The molecule has 2 aromatic carbocycles. The maximum atomic E-state index is 12.1. The molecule has 0 aliphatic carbocycles. The van der Waals surface area contributed by atoms with Crippen LogP contribution in [-0.2, 0) is 22.5 Å². The molecule has 2 rings (SSSR count). The number of ether oxygens (including phenoxy) is 2. The standard InChI is InChI=1S/C33H52NO3/c1-4-5-6-7-8-9-10-11-13-19-30-22-18-23-32(28-30)36-26-27-37-33(35)24-16-17-25-34(2,3)29-31-20-14-12-15-21-31/h12,14-15,18,20-23,28H,4-11,13,16-17,19,24-27,29H2,1-3H3/q+1. The van der Waals surface area contributed by atoms with Crippen molar-refractivity contribution < 1.29 is 18.8 Å². The first-order chi connectivity index (χ1) is 18.0. The van der Waals surface area contributed by atoms with Gasteiger partial charge in [-0.2, -0.15) is 0 Å². The maximum Gasteiger partial charge on any atom is 0.305 e. The summed E-state index contributed by atoms with van der Waals surface area (Å²) in [5.74, 6) is 0.735. The Labute approximate surface area is 227 Å². The van der Waals surface area contributed by atoms with E-state index in [1.807, 2.05) is 6.07 Å². The number of quaternary nitrogens is 1. The second-order valence-electron chi connectivity index (χ2n) is 11.1. The Balaban J connectivity index is 1.50. The molecule has 4 nitrogen and oxygen atoms in total. The van der Waals surface area contributed by atoms with E-state index in [1.165, 1.54) is 68.9 Å². The smallest absolute Gasteiger partial charge is 0.305 e. The lowest BCUT2D eigenvalue weighted by Crippen LogP contribution is -2.39. The quantitative estimate of drug-likeness (QED) is 0.0966. The van der Waals surface area contributed by atoms with Crippen molar-refractivity contribution in [2.45, 2.75) is 96.9 Å². The van der Waals surface area contributed by atoms with Crippen molar-refractivity contribution in [2.24, 2.45) is 0 Å². The normalized spacial score (nSPS) is 11.4. The minimum Gasteiger partial charge on any atom is -0.490 e. The van der Waals surface area contributed by atoms with Gasteiger partial charge in [0.05, 0.1) is 20.6 Å². The molecule has 0 aliphatic rings. The number of carbonyl (C=O) groups excluding carboxylic acids is 1. The molecule has 0 aliphatic heterocycles. The summed E-state index contributed by atoms with van der Waals surface area (Å²) in [6.45, 7) is 5.02. The van der Waals surface area contributed by atoms with E-state index in [-0.39, 0.29) is 5.97 Å². The first-order valence-electron chi connectivity index (χ1n) is 14.7. The minimum absolute atomic E-state index is 0.129. The summed E-state index contributed by atoms with van der Waals surface area (Å²) in [5.41, 5.74) is 2.67. The molecule has 37 heavy (non-hydrogen) atoms. The van der Waals surface area contributed by atoms with Gasteiger partial charge in [0.1, 0.15) is 25.5 Å². The van der Waals surface area contributed by atoms with Crippen LogP contribution in [-0.4, -0.2) is 44.3 Å². The van der Waals surface area contributed by atoms with Crippen LogP contribution >= 0.6 is 0 Å². The van der Waals surface area contributed by atoms with Gasteiger partial charge in [0.25, 0.3) is 0 Å². The summed E-state index contributed by atoms with van der Waals surface area (Å²) in [6, 6.07) is 18.9. The topological polar surface area (TPSA) is 35.5 Å². The highest BCUT2D eigenvalue weighted by atomic mass is 16.6. The predicted octanol–water partition coefficient (Wildman–Crippen LogP) is 8.13. The number of unbranched alkanes of at least 4 members (excludes halogenated alkanes) is 9. The van der Waals surface area contributed by atoms with Crippen LogP contribution in [0, 0.1) is 0 Å². The van der Waals surface area contributed by atoms with Gasteiger partial charge in [0.15, 0.2) is 0 Å². The lowest BCUT2D eigenvalue weighted by Gasteiger charge is -2.30. The summed E-state index contributed by atoms with van der Waals surface area (Å²) in [7, 11) is 4.49. The number of hydrogen-bond acceptors (Lipinski definition) is 3. The molecule has 0 radical (unpaired) electrons. The van der Waals surface area contributed by atoms with Crippen LogP contribution in [0.5, 0.6) is 5.75 Å². The molecule has 0 amide bonds. The molecular formula is C33H52NO3+. The summed E-state index contributed by atoms with van der Waals surface area (Å²) in [6.07, 6.45) is 15.6. The van der Waals surface area contributed by atoms with Crippen molar-refractivity contribution in [3.8, 4) is 5.75 Å². The molecule has 0 atom stereocenters. The molecular weight excluding hydrogens is 458 g/mol. The molecule has 0 bridgehead atoms. The van der Waals surface area contributed by atoms with E-state index in [9.17, 15) is 4.79 Å². The monoisotopic (exact) mass is 510 g/mol. The van der Waals surface area contributed by atoms with E-state index < -0.39 is 0 Å². The second kappa shape index (κ2) is 18.8. The Hall–Kier alpha value is -2.33. The van der Waals surface area contributed by atoms with Gasteiger partial charge in [-0.25, -0.2) is 0 Å². The van der Waals surface area contributed by atoms with E-state index in [4.69, 9.17) is 9.47 Å². The van der Waals surface area contributed by atoms with Crippen LogP contribution in [0.2, 0.25) is 0 Å². The Bertz CT molecular complexity index is 850. The highest BCUT2D eigenvalue weighted by molar-refractivity contribution is 5.69. The maximum absolute atomic E-state index is 12.1. The Morgan fingerprint density at radius 3 is 2.14 bits per heavy atom. The third-order valence-corrected chi connectivity index (χ3v) is 6.93. The average molecular weight is 511 g/mol. The van der Waals surface area contributed by atoms with Crippen LogP contribution in [0.1, 0.15) is 95.1 Å². The van der Waals surface area contributed by atoms with Gasteiger partial charge >= 0.3 is 5.97 Å². The summed E-state index contributed by atoms with van der Waals surface area (Å²) in [5, 5.41) is 0.